The van der Waals surface area contributed by atoms with Crippen molar-refractivity contribution < 1.29 is 19.4 Å². The molecule has 2 rings (SSSR count). The second-order valence-corrected chi connectivity index (χ2v) is 4.33. The van der Waals surface area contributed by atoms with Crippen LogP contribution in [0.5, 0.6) is 11.5 Å². The third-order valence-corrected chi connectivity index (χ3v) is 3.01. The molecule has 1 heterocycles. The molecule has 0 spiro atoms. The fourth-order valence-electron chi connectivity index (χ4n) is 1.67. The number of fused-ring (bicyclic) bond motifs is 1. The summed E-state index contributed by atoms with van der Waals surface area (Å²) in [4.78, 5) is 10.5. The van der Waals surface area contributed by atoms with Gasteiger partial charge in [-0.15, -0.1) is 11.6 Å². The van der Waals surface area contributed by atoms with Crippen LogP contribution in [0.2, 0.25) is 0 Å². The molecular formula is C12H13ClO4. The van der Waals surface area contributed by atoms with Crippen LogP contribution in [0.25, 0.3) is 0 Å². The lowest BCUT2D eigenvalue weighted by Crippen LogP contribution is -2.15. The molecule has 17 heavy (non-hydrogen) atoms. The molecule has 0 saturated heterocycles. The topological polar surface area (TPSA) is 55.8 Å². The fourth-order valence-corrected chi connectivity index (χ4v) is 1.92. The number of hydrogen-bond donors (Lipinski definition) is 1. The van der Waals surface area contributed by atoms with Gasteiger partial charge in [0.05, 0.1) is 5.38 Å². The Hall–Kier alpha value is -1.42. The normalized spacial score (nSPS) is 15.4. The van der Waals surface area contributed by atoms with Crippen LogP contribution in [0.1, 0.15) is 23.8 Å². The van der Waals surface area contributed by atoms with Crippen LogP contribution in [0, 0.1) is 0 Å². The Labute approximate surface area is 104 Å². The molecule has 0 bridgehead atoms. The van der Waals surface area contributed by atoms with Gasteiger partial charge in [0.2, 0.25) is 0 Å². The molecule has 1 unspecified atom stereocenters. The van der Waals surface area contributed by atoms with Crippen molar-refractivity contribution in [3.05, 3.63) is 23.8 Å². The highest BCUT2D eigenvalue weighted by molar-refractivity contribution is 6.20. The van der Waals surface area contributed by atoms with Crippen molar-refractivity contribution in [1.82, 2.24) is 0 Å². The number of alkyl halides is 1. The number of carboxylic acid groups (broad SMARTS) is 1. The van der Waals surface area contributed by atoms with Gasteiger partial charge in [-0.1, -0.05) is 6.07 Å². The van der Waals surface area contributed by atoms with Crippen LogP contribution in [-0.4, -0.2) is 24.3 Å². The summed E-state index contributed by atoms with van der Waals surface area (Å²) in [6.45, 7) is 1.08. The van der Waals surface area contributed by atoms with Crippen molar-refractivity contribution in [2.75, 3.05) is 13.2 Å². The first-order chi connectivity index (χ1) is 8.16. The van der Waals surface area contributed by atoms with E-state index >= 15 is 0 Å². The molecule has 1 atom stereocenters. The van der Waals surface area contributed by atoms with Crippen LogP contribution in [0.3, 0.4) is 0 Å². The van der Waals surface area contributed by atoms with E-state index in [4.69, 9.17) is 26.2 Å². The standard InChI is InChI=1S/C12H13ClO4/c13-9(2-4-12(14)15)8-1-3-10-11(7-8)17-6-5-16-10/h1,3,7,9H,2,4-6H2,(H,14,15). The molecule has 0 fully saturated rings. The smallest absolute Gasteiger partial charge is 0.303 e. The van der Waals surface area contributed by atoms with E-state index in [9.17, 15) is 4.79 Å². The van der Waals surface area contributed by atoms with Crippen molar-refractivity contribution in [2.45, 2.75) is 18.2 Å². The molecule has 1 aromatic rings. The van der Waals surface area contributed by atoms with Gasteiger partial charge in [-0.05, 0) is 24.1 Å². The Morgan fingerprint density at radius 3 is 2.76 bits per heavy atom. The van der Waals surface area contributed by atoms with E-state index in [0.717, 1.165) is 5.56 Å². The minimum Gasteiger partial charge on any atom is -0.486 e. The van der Waals surface area contributed by atoms with E-state index in [0.29, 0.717) is 31.1 Å². The summed E-state index contributed by atoms with van der Waals surface area (Å²) in [6, 6.07) is 5.46. The van der Waals surface area contributed by atoms with E-state index in [1.807, 2.05) is 12.1 Å². The highest BCUT2D eigenvalue weighted by atomic mass is 35.5. The first-order valence-electron chi connectivity index (χ1n) is 5.42. The van der Waals surface area contributed by atoms with Gasteiger partial charge in [-0.25, -0.2) is 0 Å². The Balaban J connectivity index is 2.08. The highest BCUT2D eigenvalue weighted by Gasteiger charge is 2.16. The monoisotopic (exact) mass is 256 g/mol. The number of ether oxygens (including phenoxy) is 2. The Morgan fingerprint density at radius 2 is 2.06 bits per heavy atom. The van der Waals surface area contributed by atoms with Gasteiger partial charge in [0.15, 0.2) is 11.5 Å². The fraction of sp³-hybridized carbons (Fsp3) is 0.417. The number of aliphatic carboxylic acids is 1. The van der Waals surface area contributed by atoms with E-state index in [-0.39, 0.29) is 11.8 Å². The second-order valence-electron chi connectivity index (χ2n) is 3.80. The molecule has 0 radical (unpaired) electrons. The first-order valence-corrected chi connectivity index (χ1v) is 5.86. The predicted octanol–water partition coefficient (Wildman–Crippen LogP) is 2.60. The van der Waals surface area contributed by atoms with Crippen molar-refractivity contribution in [3.63, 3.8) is 0 Å². The molecule has 1 aromatic carbocycles. The summed E-state index contributed by atoms with van der Waals surface area (Å²) in [5, 5.41) is 8.28. The lowest BCUT2D eigenvalue weighted by molar-refractivity contribution is -0.137. The molecule has 5 heteroatoms. The van der Waals surface area contributed by atoms with Crippen LogP contribution in [-0.2, 0) is 4.79 Å². The number of benzene rings is 1. The van der Waals surface area contributed by atoms with Gasteiger partial charge >= 0.3 is 5.97 Å². The van der Waals surface area contributed by atoms with E-state index < -0.39 is 5.97 Å². The molecule has 92 valence electrons. The molecular weight excluding hydrogens is 244 g/mol. The summed E-state index contributed by atoms with van der Waals surface area (Å²) >= 11 is 6.13. The maximum absolute atomic E-state index is 10.5. The zero-order chi connectivity index (χ0) is 12.3. The lowest BCUT2D eigenvalue weighted by Gasteiger charge is -2.19. The number of carbonyl (C=O) groups is 1. The summed E-state index contributed by atoms with van der Waals surface area (Å²) in [5.74, 6) is 0.546. The molecule has 0 amide bonds. The van der Waals surface area contributed by atoms with Crippen molar-refractivity contribution in [1.29, 1.82) is 0 Å². The maximum atomic E-state index is 10.5. The Kier molecular flexibility index (Phi) is 3.74. The minimum absolute atomic E-state index is 0.0581. The maximum Gasteiger partial charge on any atom is 0.303 e. The number of hydrogen-bond acceptors (Lipinski definition) is 3. The van der Waals surface area contributed by atoms with Crippen LogP contribution in [0.15, 0.2) is 18.2 Å². The quantitative estimate of drug-likeness (QED) is 0.842. The molecule has 1 aliphatic rings. The number of halogens is 1. The summed E-state index contributed by atoms with van der Waals surface area (Å²) < 4.78 is 10.8. The third kappa shape index (κ3) is 3.03. The van der Waals surface area contributed by atoms with E-state index in [1.165, 1.54) is 0 Å². The van der Waals surface area contributed by atoms with Crippen LogP contribution in [0.4, 0.5) is 0 Å². The van der Waals surface area contributed by atoms with Gasteiger partial charge in [0.25, 0.3) is 0 Å². The van der Waals surface area contributed by atoms with Gasteiger partial charge in [-0.3, -0.25) is 4.79 Å². The van der Waals surface area contributed by atoms with Gasteiger partial charge in [0.1, 0.15) is 13.2 Å². The first kappa shape index (κ1) is 12.0. The molecule has 0 saturated carbocycles. The van der Waals surface area contributed by atoms with Crippen molar-refractivity contribution in [3.8, 4) is 11.5 Å². The van der Waals surface area contributed by atoms with Crippen molar-refractivity contribution in [2.24, 2.45) is 0 Å². The number of carboxylic acids is 1. The van der Waals surface area contributed by atoms with Crippen LogP contribution < -0.4 is 9.47 Å². The third-order valence-electron chi connectivity index (χ3n) is 2.54. The van der Waals surface area contributed by atoms with E-state index in [1.54, 1.807) is 6.07 Å². The molecule has 1 aliphatic heterocycles. The highest BCUT2D eigenvalue weighted by Crippen LogP contribution is 2.35. The largest absolute Gasteiger partial charge is 0.486 e. The zero-order valence-electron chi connectivity index (χ0n) is 9.19. The average molecular weight is 257 g/mol. The predicted molar refractivity (Wildman–Crippen MR) is 62.9 cm³/mol. The summed E-state index contributed by atoms with van der Waals surface area (Å²) in [5.41, 5.74) is 0.858. The Bertz CT molecular complexity index is 419. The lowest BCUT2D eigenvalue weighted by atomic mass is 10.1. The van der Waals surface area contributed by atoms with Gasteiger partial charge < -0.3 is 14.6 Å². The summed E-state index contributed by atoms with van der Waals surface area (Å²) in [7, 11) is 0. The molecule has 4 nitrogen and oxygen atoms in total. The Morgan fingerprint density at radius 1 is 1.35 bits per heavy atom. The van der Waals surface area contributed by atoms with Crippen molar-refractivity contribution >= 4 is 17.6 Å². The SMILES string of the molecule is O=C(O)CCC(Cl)c1ccc2c(c1)OCCO2. The number of rotatable bonds is 4. The second kappa shape index (κ2) is 5.27. The van der Waals surface area contributed by atoms with E-state index in [2.05, 4.69) is 0 Å². The minimum atomic E-state index is -0.840. The molecule has 0 aliphatic carbocycles. The zero-order valence-corrected chi connectivity index (χ0v) is 9.94. The molecule has 0 aromatic heterocycles. The van der Waals surface area contributed by atoms with Gasteiger partial charge in [0, 0.05) is 6.42 Å². The van der Waals surface area contributed by atoms with Gasteiger partial charge in [-0.2, -0.15) is 0 Å². The average Bonchev–Trinajstić information content (AvgIpc) is 2.35. The van der Waals surface area contributed by atoms with Crippen LogP contribution >= 0.6 is 11.6 Å². The molecule has 1 N–H and O–H groups in total. The summed E-state index contributed by atoms with van der Waals surface area (Å²) in [6.07, 6.45) is 0.457.